The molecule has 0 saturated heterocycles. The molecular weight excluding hydrogens is 488 g/mol. The minimum Gasteiger partial charge on any atom is -0.468 e. The molecule has 0 spiro atoms. The average molecular weight is 516 g/mol. The highest BCUT2D eigenvalue weighted by Gasteiger charge is 2.28. The van der Waals surface area contributed by atoms with Gasteiger partial charge in [0.15, 0.2) is 12.6 Å². The van der Waals surface area contributed by atoms with Gasteiger partial charge in [-0.25, -0.2) is 9.98 Å². The molecular formula is C18H28F3IN4O2. The smallest absolute Gasteiger partial charge is 0.422 e. The Labute approximate surface area is 180 Å². The van der Waals surface area contributed by atoms with E-state index in [-0.39, 0.29) is 29.9 Å². The second kappa shape index (κ2) is 13.0. The topological polar surface area (TPSA) is 67.8 Å². The fourth-order valence-electron chi connectivity index (χ4n) is 2.17. The number of nitrogens with one attached hydrogen (secondary N) is 2. The third-order valence-corrected chi connectivity index (χ3v) is 3.75. The zero-order valence-electron chi connectivity index (χ0n) is 15.9. The Morgan fingerprint density at radius 2 is 2.07 bits per heavy atom. The normalized spacial score (nSPS) is 14.4. The number of pyridine rings is 1. The Balaban J connectivity index is 0.00000392. The highest BCUT2D eigenvalue weighted by atomic mass is 127. The van der Waals surface area contributed by atoms with Crippen LogP contribution in [0.25, 0.3) is 0 Å². The number of nitrogens with zero attached hydrogens (tertiary/aromatic N) is 2. The fraction of sp³-hybridized carbons (Fsp3) is 0.667. The van der Waals surface area contributed by atoms with Crippen LogP contribution in [0.1, 0.15) is 31.7 Å². The van der Waals surface area contributed by atoms with Crippen molar-refractivity contribution in [3.8, 4) is 5.88 Å². The van der Waals surface area contributed by atoms with Gasteiger partial charge in [-0.05, 0) is 37.7 Å². The van der Waals surface area contributed by atoms with Gasteiger partial charge in [-0.15, -0.1) is 24.0 Å². The van der Waals surface area contributed by atoms with Crippen LogP contribution < -0.4 is 15.4 Å². The number of hydrogen-bond acceptors (Lipinski definition) is 4. The van der Waals surface area contributed by atoms with E-state index in [2.05, 4.69) is 25.3 Å². The number of ether oxygens (including phenoxy) is 2. The van der Waals surface area contributed by atoms with Crippen molar-refractivity contribution < 1.29 is 22.6 Å². The van der Waals surface area contributed by atoms with E-state index in [1.807, 2.05) is 6.92 Å². The number of hydrogen-bond donors (Lipinski definition) is 2. The molecule has 10 heteroatoms. The first kappa shape index (κ1) is 24.7. The van der Waals surface area contributed by atoms with E-state index in [0.29, 0.717) is 12.5 Å². The quantitative estimate of drug-likeness (QED) is 0.204. The van der Waals surface area contributed by atoms with E-state index in [0.717, 1.165) is 44.2 Å². The third-order valence-electron chi connectivity index (χ3n) is 3.75. The highest BCUT2D eigenvalue weighted by Crippen LogP contribution is 2.28. The van der Waals surface area contributed by atoms with Crippen LogP contribution in [0.4, 0.5) is 13.2 Å². The van der Waals surface area contributed by atoms with Crippen LogP contribution in [-0.2, 0) is 11.3 Å². The highest BCUT2D eigenvalue weighted by molar-refractivity contribution is 14.0. The summed E-state index contributed by atoms with van der Waals surface area (Å²) in [6.45, 7) is 4.06. The third kappa shape index (κ3) is 11.5. The van der Waals surface area contributed by atoms with Crippen molar-refractivity contribution >= 4 is 29.9 Å². The van der Waals surface area contributed by atoms with E-state index in [4.69, 9.17) is 4.74 Å². The van der Waals surface area contributed by atoms with Gasteiger partial charge in [0.25, 0.3) is 0 Å². The molecule has 6 nitrogen and oxygen atoms in total. The predicted molar refractivity (Wildman–Crippen MR) is 112 cm³/mol. The molecule has 1 fully saturated rings. The van der Waals surface area contributed by atoms with Crippen LogP contribution in [0, 0.1) is 5.92 Å². The summed E-state index contributed by atoms with van der Waals surface area (Å²) in [6.07, 6.45) is 0.563. The maximum atomic E-state index is 12.1. The zero-order chi connectivity index (χ0) is 19.5. The number of aromatic nitrogens is 1. The maximum absolute atomic E-state index is 12.1. The fourth-order valence-corrected chi connectivity index (χ4v) is 2.17. The average Bonchev–Trinajstić information content (AvgIpc) is 3.45. The molecule has 0 amide bonds. The van der Waals surface area contributed by atoms with Gasteiger partial charge in [0.1, 0.15) is 0 Å². The van der Waals surface area contributed by atoms with Crippen LogP contribution in [0.3, 0.4) is 0 Å². The maximum Gasteiger partial charge on any atom is 0.422 e. The van der Waals surface area contributed by atoms with E-state index in [9.17, 15) is 13.2 Å². The molecule has 0 aromatic carbocycles. The van der Waals surface area contributed by atoms with Crippen LogP contribution in [0.5, 0.6) is 5.88 Å². The van der Waals surface area contributed by atoms with Gasteiger partial charge < -0.3 is 20.1 Å². The van der Waals surface area contributed by atoms with Crippen molar-refractivity contribution in [2.45, 2.75) is 38.9 Å². The van der Waals surface area contributed by atoms with Crippen LogP contribution in [0.15, 0.2) is 23.3 Å². The van der Waals surface area contributed by atoms with Gasteiger partial charge in [0, 0.05) is 38.6 Å². The summed E-state index contributed by atoms with van der Waals surface area (Å²) in [6, 6.07) is 3.06. The second-order valence-corrected chi connectivity index (χ2v) is 6.40. The minimum atomic E-state index is -4.38. The number of alkyl halides is 3. The molecule has 1 aromatic rings. The molecule has 1 aromatic heterocycles. The molecule has 1 aliphatic rings. The summed E-state index contributed by atoms with van der Waals surface area (Å²) >= 11 is 0. The molecule has 2 rings (SSSR count). The summed E-state index contributed by atoms with van der Waals surface area (Å²) < 4.78 is 46.5. The van der Waals surface area contributed by atoms with E-state index >= 15 is 0 Å². The van der Waals surface area contributed by atoms with Gasteiger partial charge in [-0.2, -0.15) is 13.2 Å². The SMILES string of the molecule is CCNC(=NCc1ccc(OCC(F)(F)F)nc1)NCCCOCC1CC1.I. The summed E-state index contributed by atoms with van der Waals surface area (Å²) in [5.74, 6) is 1.39. The molecule has 0 bridgehead atoms. The first-order chi connectivity index (χ1) is 13.0. The molecule has 0 unspecified atom stereocenters. The number of guanidine groups is 1. The first-order valence-corrected chi connectivity index (χ1v) is 9.20. The van der Waals surface area contributed by atoms with Crippen LogP contribution in [-0.4, -0.2) is 50.0 Å². The van der Waals surface area contributed by atoms with Crippen molar-refractivity contribution in [3.05, 3.63) is 23.9 Å². The van der Waals surface area contributed by atoms with E-state index < -0.39 is 12.8 Å². The molecule has 0 aliphatic heterocycles. The first-order valence-electron chi connectivity index (χ1n) is 9.20. The Kier molecular flexibility index (Phi) is 11.5. The molecule has 2 N–H and O–H groups in total. The van der Waals surface area contributed by atoms with Gasteiger partial charge in [-0.3, -0.25) is 0 Å². The Hall–Kier alpha value is -1.30. The summed E-state index contributed by atoms with van der Waals surface area (Å²) in [4.78, 5) is 8.32. The monoisotopic (exact) mass is 516 g/mol. The van der Waals surface area contributed by atoms with Gasteiger partial charge >= 0.3 is 6.18 Å². The summed E-state index contributed by atoms with van der Waals surface area (Å²) in [5.41, 5.74) is 0.777. The van der Waals surface area contributed by atoms with Crippen molar-refractivity contribution in [3.63, 3.8) is 0 Å². The molecule has 0 atom stereocenters. The minimum absolute atomic E-state index is 0. The largest absolute Gasteiger partial charge is 0.468 e. The molecule has 1 saturated carbocycles. The van der Waals surface area contributed by atoms with Gasteiger partial charge in [0.2, 0.25) is 5.88 Å². The lowest BCUT2D eigenvalue weighted by Gasteiger charge is -2.11. The summed E-state index contributed by atoms with van der Waals surface area (Å²) in [5, 5.41) is 6.38. The van der Waals surface area contributed by atoms with E-state index in [1.54, 1.807) is 6.07 Å². The zero-order valence-corrected chi connectivity index (χ0v) is 18.3. The van der Waals surface area contributed by atoms with Crippen molar-refractivity contribution in [2.24, 2.45) is 10.9 Å². The van der Waals surface area contributed by atoms with Gasteiger partial charge in [-0.1, -0.05) is 6.07 Å². The number of halogens is 4. The van der Waals surface area contributed by atoms with Crippen LogP contribution in [0.2, 0.25) is 0 Å². The molecule has 1 aliphatic carbocycles. The standard InChI is InChI=1S/C18H27F3N4O2.HI/c1-2-22-17(23-8-3-9-26-12-14-4-5-14)25-11-15-6-7-16(24-10-15)27-13-18(19,20)21;/h6-7,10,14H,2-5,8-9,11-13H2,1H3,(H2,22,23,25);1H. The molecule has 0 radical (unpaired) electrons. The number of rotatable bonds is 11. The molecule has 28 heavy (non-hydrogen) atoms. The van der Waals surface area contributed by atoms with E-state index in [1.165, 1.54) is 25.1 Å². The Bertz CT molecular complexity index is 581. The lowest BCUT2D eigenvalue weighted by atomic mass is 10.3. The Morgan fingerprint density at radius 1 is 1.29 bits per heavy atom. The second-order valence-electron chi connectivity index (χ2n) is 6.40. The molecule has 160 valence electrons. The lowest BCUT2D eigenvalue weighted by Crippen LogP contribution is -2.38. The molecule has 1 heterocycles. The van der Waals surface area contributed by atoms with Crippen molar-refractivity contribution in [1.29, 1.82) is 0 Å². The van der Waals surface area contributed by atoms with Gasteiger partial charge in [0.05, 0.1) is 6.54 Å². The number of aliphatic imine (C=N–C) groups is 1. The predicted octanol–water partition coefficient (Wildman–Crippen LogP) is 3.51. The Morgan fingerprint density at radius 3 is 2.68 bits per heavy atom. The van der Waals surface area contributed by atoms with Crippen molar-refractivity contribution in [1.82, 2.24) is 15.6 Å². The van der Waals surface area contributed by atoms with Crippen LogP contribution >= 0.6 is 24.0 Å². The summed E-state index contributed by atoms with van der Waals surface area (Å²) in [7, 11) is 0. The van der Waals surface area contributed by atoms with Crippen molar-refractivity contribution in [2.75, 3.05) is 32.9 Å². The lowest BCUT2D eigenvalue weighted by molar-refractivity contribution is -0.154.